The number of aryl methyl sites for hydroxylation is 2. The largest absolute Gasteiger partial charge is 0.302 e. The molecule has 4 nitrogen and oxygen atoms in total. The minimum atomic E-state index is 0.138. The van der Waals surface area contributed by atoms with E-state index in [2.05, 4.69) is 28.9 Å². The molecule has 6 heteroatoms. The monoisotopic (exact) mass is 343 g/mol. The maximum absolute atomic E-state index is 12.6. The molecule has 0 atom stereocenters. The van der Waals surface area contributed by atoms with Crippen molar-refractivity contribution in [2.75, 3.05) is 5.75 Å². The number of benzene rings is 1. The molecule has 0 bridgehead atoms. The van der Waals surface area contributed by atoms with Crippen LogP contribution in [0.15, 0.2) is 42.1 Å². The summed E-state index contributed by atoms with van der Waals surface area (Å²) in [5.74, 6) is 1.33. The van der Waals surface area contributed by atoms with Crippen LogP contribution in [0.2, 0.25) is 0 Å². The fraction of sp³-hybridized carbons (Fsp3) is 0.235. The molecule has 23 heavy (non-hydrogen) atoms. The molecule has 0 radical (unpaired) electrons. The van der Waals surface area contributed by atoms with Crippen molar-refractivity contribution in [2.45, 2.75) is 25.5 Å². The lowest BCUT2D eigenvalue weighted by Gasteiger charge is -2.04. The van der Waals surface area contributed by atoms with Crippen LogP contribution in [0.5, 0.6) is 0 Å². The Morgan fingerprint density at radius 1 is 1.35 bits per heavy atom. The number of carbonyl (C=O) groups is 1. The van der Waals surface area contributed by atoms with Crippen LogP contribution in [0.4, 0.5) is 0 Å². The first-order valence-electron chi connectivity index (χ1n) is 7.26. The molecule has 3 rings (SSSR count). The van der Waals surface area contributed by atoms with Gasteiger partial charge in [0.2, 0.25) is 0 Å². The Bertz CT molecular complexity index is 879. The lowest BCUT2D eigenvalue weighted by Crippen LogP contribution is -2.05. The Balaban J connectivity index is 1.79. The third-order valence-electron chi connectivity index (χ3n) is 3.64. The summed E-state index contributed by atoms with van der Waals surface area (Å²) < 4.78 is 3.12. The Labute approximate surface area is 143 Å². The second-order valence-electron chi connectivity index (χ2n) is 5.19. The Hall–Kier alpha value is -1.92. The van der Waals surface area contributed by atoms with Crippen molar-refractivity contribution in [2.24, 2.45) is 0 Å². The Morgan fingerprint density at radius 3 is 2.87 bits per heavy atom. The van der Waals surface area contributed by atoms with Gasteiger partial charge in [-0.1, -0.05) is 36.0 Å². The zero-order chi connectivity index (χ0) is 16.4. The number of thioether (sulfide) groups is 1. The van der Waals surface area contributed by atoms with E-state index in [1.54, 1.807) is 17.4 Å². The molecule has 0 aliphatic heterocycles. The van der Waals surface area contributed by atoms with Gasteiger partial charge in [-0.25, -0.2) is 0 Å². The number of nitrogens with zero attached hydrogens (tertiary/aromatic N) is 3. The van der Waals surface area contributed by atoms with Crippen LogP contribution < -0.4 is 0 Å². The van der Waals surface area contributed by atoms with Crippen LogP contribution in [0.1, 0.15) is 21.1 Å². The van der Waals surface area contributed by atoms with Crippen LogP contribution in [-0.2, 0) is 6.54 Å². The van der Waals surface area contributed by atoms with E-state index >= 15 is 0 Å². The van der Waals surface area contributed by atoms with Crippen molar-refractivity contribution in [3.05, 3.63) is 53.2 Å². The van der Waals surface area contributed by atoms with Gasteiger partial charge in [-0.15, -0.1) is 28.1 Å². The number of allylic oxidation sites excluding steroid dienone is 1. The van der Waals surface area contributed by atoms with E-state index in [0.29, 0.717) is 12.3 Å². The predicted molar refractivity (Wildman–Crippen MR) is 96.6 cm³/mol. The fourth-order valence-corrected chi connectivity index (χ4v) is 4.55. The average molecular weight is 343 g/mol. The summed E-state index contributed by atoms with van der Waals surface area (Å²) in [6.07, 6.45) is 1.80. The van der Waals surface area contributed by atoms with Gasteiger partial charge >= 0.3 is 0 Å². The SMILES string of the molecule is C=CCn1c(C)nnc1SCC(=O)c1sc2ccccc2c1C. The number of hydrogen-bond donors (Lipinski definition) is 0. The van der Waals surface area contributed by atoms with Gasteiger partial charge in [-0.05, 0) is 30.9 Å². The highest BCUT2D eigenvalue weighted by Crippen LogP contribution is 2.32. The van der Waals surface area contributed by atoms with Crippen LogP contribution in [-0.4, -0.2) is 26.3 Å². The summed E-state index contributed by atoms with van der Waals surface area (Å²) in [7, 11) is 0. The number of carbonyl (C=O) groups excluding carboxylic acids is 1. The molecule has 0 saturated heterocycles. The molecule has 0 spiro atoms. The average Bonchev–Trinajstić information content (AvgIpc) is 3.07. The van der Waals surface area contributed by atoms with E-state index in [1.165, 1.54) is 11.8 Å². The summed E-state index contributed by atoms with van der Waals surface area (Å²) in [6, 6.07) is 8.13. The first-order valence-corrected chi connectivity index (χ1v) is 9.07. The second kappa shape index (κ2) is 6.68. The van der Waals surface area contributed by atoms with Crippen LogP contribution in [0.3, 0.4) is 0 Å². The fourth-order valence-electron chi connectivity index (χ4n) is 2.44. The molecule has 0 fully saturated rings. The van der Waals surface area contributed by atoms with E-state index < -0.39 is 0 Å². The molecule has 0 aliphatic rings. The van der Waals surface area contributed by atoms with Crippen molar-refractivity contribution in [1.82, 2.24) is 14.8 Å². The van der Waals surface area contributed by atoms with Crippen LogP contribution in [0.25, 0.3) is 10.1 Å². The number of ketones is 1. The summed E-state index contributed by atoms with van der Waals surface area (Å²) in [5, 5.41) is 10.1. The van der Waals surface area contributed by atoms with E-state index in [-0.39, 0.29) is 5.78 Å². The van der Waals surface area contributed by atoms with Crippen molar-refractivity contribution in [3.63, 3.8) is 0 Å². The molecule has 118 valence electrons. The molecular formula is C17H17N3OS2. The smallest absolute Gasteiger partial charge is 0.191 e. The van der Waals surface area contributed by atoms with Crippen molar-refractivity contribution >= 4 is 39.0 Å². The van der Waals surface area contributed by atoms with E-state index in [4.69, 9.17) is 0 Å². The predicted octanol–water partition coefficient (Wildman–Crippen LogP) is 4.27. The van der Waals surface area contributed by atoms with Gasteiger partial charge in [-0.2, -0.15) is 0 Å². The van der Waals surface area contributed by atoms with Crippen molar-refractivity contribution in [1.29, 1.82) is 0 Å². The molecule has 0 N–H and O–H groups in total. The maximum Gasteiger partial charge on any atom is 0.191 e. The van der Waals surface area contributed by atoms with Gasteiger partial charge in [0.25, 0.3) is 0 Å². The third-order valence-corrected chi connectivity index (χ3v) is 5.92. The molecule has 1 aromatic carbocycles. The quantitative estimate of drug-likeness (QED) is 0.381. The van der Waals surface area contributed by atoms with Gasteiger partial charge in [0.05, 0.1) is 10.6 Å². The lowest BCUT2D eigenvalue weighted by molar-refractivity contribution is 0.102. The summed E-state index contributed by atoms with van der Waals surface area (Å²) in [6.45, 7) is 8.31. The normalized spacial score (nSPS) is 11.0. The Kier molecular flexibility index (Phi) is 4.63. The number of aromatic nitrogens is 3. The summed E-state index contributed by atoms with van der Waals surface area (Å²) in [4.78, 5) is 13.4. The zero-order valence-corrected chi connectivity index (χ0v) is 14.7. The molecule has 0 aliphatic carbocycles. The Morgan fingerprint density at radius 2 is 2.13 bits per heavy atom. The molecule has 2 heterocycles. The topological polar surface area (TPSA) is 47.8 Å². The lowest BCUT2D eigenvalue weighted by atomic mass is 10.1. The van der Waals surface area contributed by atoms with Gasteiger partial charge in [0, 0.05) is 11.2 Å². The van der Waals surface area contributed by atoms with Crippen LogP contribution in [0, 0.1) is 13.8 Å². The molecule has 0 saturated carbocycles. The van der Waals surface area contributed by atoms with E-state index in [9.17, 15) is 4.79 Å². The highest BCUT2D eigenvalue weighted by molar-refractivity contribution is 7.99. The first-order chi connectivity index (χ1) is 11.1. The number of thiophene rings is 1. The van der Waals surface area contributed by atoms with Gasteiger partial charge in [0.15, 0.2) is 10.9 Å². The first kappa shape index (κ1) is 16.0. The minimum absolute atomic E-state index is 0.138. The number of fused-ring (bicyclic) bond motifs is 1. The molecule has 0 unspecified atom stereocenters. The highest BCUT2D eigenvalue weighted by atomic mass is 32.2. The van der Waals surface area contributed by atoms with Gasteiger partial charge < -0.3 is 4.57 Å². The number of hydrogen-bond acceptors (Lipinski definition) is 5. The standard InChI is InChI=1S/C17H17N3OS2/c1-4-9-20-12(3)18-19-17(20)22-10-14(21)16-11(2)13-7-5-6-8-15(13)23-16/h4-8H,1,9-10H2,2-3H3. The maximum atomic E-state index is 12.6. The van der Waals surface area contributed by atoms with E-state index in [0.717, 1.165) is 31.5 Å². The molecule has 2 aromatic heterocycles. The summed E-state index contributed by atoms with van der Waals surface area (Å²) in [5.41, 5.74) is 1.07. The molecule has 3 aromatic rings. The van der Waals surface area contributed by atoms with Crippen molar-refractivity contribution in [3.8, 4) is 0 Å². The summed E-state index contributed by atoms with van der Waals surface area (Å²) >= 11 is 2.99. The highest BCUT2D eigenvalue weighted by Gasteiger charge is 2.17. The van der Waals surface area contributed by atoms with Gasteiger partial charge in [-0.3, -0.25) is 4.79 Å². The molecular weight excluding hydrogens is 326 g/mol. The third kappa shape index (κ3) is 3.09. The number of rotatable bonds is 6. The van der Waals surface area contributed by atoms with Gasteiger partial charge in [0.1, 0.15) is 5.82 Å². The molecule has 0 amide bonds. The van der Waals surface area contributed by atoms with Crippen molar-refractivity contribution < 1.29 is 4.79 Å². The zero-order valence-electron chi connectivity index (χ0n) is 13.1. The number of Topliss-reactive ketones (excluding diaryl/α,β-unsaturated/α-hetero) is 1. The second-order valence-corrected chi connectivity index (χ2v) is 7.19. The van der Waals surface area contributed by atoms with Crippen LogP contribution >= 0.6 is 23.1 Å². The minimum Gasteiger partial charge on any atom is -0.302 e. The van der Waals surface area contributed by atoms with E-state index in [1.807, 2.05) is 30.5 Å².